The van der Waals surface area contributed by atoms with E-state index in [-0.39, 0.29) is 0 Å². The molecule has 0 aliphatic heterocycles. The van der Waals surface area contributed by atoms with Crippen molar-refractivity contribution in [3.05, 3.63) is 17.0 Å². The lowest BCUT2D eigenvalue weighted by atomic mass is 9.81. The van der Waals surface area contributed by atoms with Gasteiger partial charge in [0.15, 0.2) is 0 Å². The molecule has 1 fully saturated rings. The number of nitrogens with zero attached hydrogens (tertiary/aromatic N) is 2. The van der Waals surface area contributed by atoms with Crippen LogP contribution in [0.2, 0.25) is 0 Å². The number of hydrogen-bond donors (Lipinski definition) is 1. The van der Waals surface area contributed by atoms with Gasteiger partial charge in [0.1, 0.15) is 6.07 Å². The molecule has 1 aliphatic carbocycles. The summed E-state index contributed by atoms with van der Waals surface area (Å²) in [6, 6.07) is 2.25. The standard InChI is InChI=1S/C10H13N3/c1-2-9-8(6-11)10(13-12-9)7-4-3-5-7/h7H,2-5H2,1H3,(H,12,13). The van der Waals surface area contributed by atoms with E-state index < -0.39 is 0 Å². The molecule has 1 heterocycles. The third kappa shape index (κ3) is 1.23. The zero-order chi connectivity index (χ0) is 9.26. The van der Waals surface area contributed by atoms with Crippen LogP contribution in [-0.4, -0.2) is 10.2 Å². The maximum atomic E-state index is 8.98. The van der Waals surface area contributed by atoms with E-state index in [1.807, 2.05) is 6.92 Å². The normalized spacial score (nSPS) is 16.6. The van der Waals surface area contributed by atoms with Crippen LogP contribution in [0.4, 0.5) is 0 Å². The smallest absolute Gasteiger partial charge is 0.103 e. The lowest BCUT2D eigenvalue weighted by Gasteiger charge is -2.23. The predicted octanol–water partition coefficient (Wildman–Crippen LogP) is 2.11. The van der Waals surface area contributed by atoms with Gasteiger partial charge in [-0.2, -0.15) is 10.4 Å². The number of nitriles is 1. The molecule has 3 nitrogen and oxygen atoms in total. The van der Waals surface area contributed by atoms with E-state index in [4.69, 9.17) is 5.26 Å². The van der Waals surface area contributed by atoms with Crippen LogP contribution in [0.25, 0.3) is 0 Å². The molecule has 0 radical (unpaired) electrons. The van der Waals surface area contributed by atoms with Crippen molar-refractivity contribution in [2.75, 3.05) is 0 Å². The highest BCUT2D eigenvalue weighted by atomic mass is 15.1. The van der Waals surface area contributed by atoms with Gasteiger partial charge in [-0.15, -0.1) is 0 Å². The average Bonchev–Trinajstić information content (AvgIpc) is 2.44. The molecule has 1 aliphatic rings. The number of aromatic nitrogens is 2. The highest BCUT2D eigenvalue weighted by molar-refractivity contribution is 5.40. The van der Waals surface area contributed by atoms with Gasteiger partial charge < -0.3 is 0 Å². The van der Waals surface area contributed by atoms with Crippen LogP contribution in [0.1, 0.15) is 49.1 Å². The summed E-state index contributed by atoms with van der Waals surface area (Å²) in [6.07, 6.45) is 4.54. The zero-order valence-corrected chi connectivity index (χ0v) is 7.80. The van der Waals surface area contributed by atoms with Crippen molar-refractivity contribution in [2.45, 2.75) is 38.5 Å². The third-order valence-electron chi connectivity index (χ3n) is 2.83. The summed E-state index contributed by atoms with van der Waals surface area (Å²) in [5.74, 6) is 0.547. The molecule has 0 spiro atoms. The Kier molecular flexibility index (Phi) is 2.05. The molecule has 1 aromatic rings. The van der Waals surface area contributed by atoms with E-state index in [2.05, 4.69) is 16.3 Å². The van der Waals surface area contributed by atoms with Crippen LogP contribution in [0.3, 0.4) is 0 Å². The van der Waals surface area contributed by atoms with E-state index >= 15 is 0 Å². The highest BCUT2D eigenvalue weighted by Gasteiger charge is 2.26. The Labute approximate surface area is 77.8 Å². The molecule has 13 heavy (non-hydrogen) atoms. The Bertz CT molecular complexity index is 342. The Morgan fingerprint density at radius 2 is 2.38 bits per heavy atom. The second-order valence-electron chi connectivity index (χ2n) is 3.56. The van der Waals surface area contributed by atoms with Crippen LogP contribution in [-0.2, 0) is 6.42 Å². The van der Waals surface area contributed by atoms with E-state index in [1.54, 1.807) is 0 Å². The molecule has 3 heteroatoms. The van der Waals surface area contributed by atoms with Gasteiger partial charge >= 0.3 is 0 Å². The zero-order valence-electron chi connectivity index (χ0n) is 7.80. The summed E-state index contributed by atoms with van der Waals surface area (Å²) < 4.78 is 0. The lowest BCUT2D eigenvalue weighted by Crippen LogP contribution is -2.10. The average molecular weight is 175 g/mol. The quantitative estimate of drug-likeness (QED) is 0.748. The summed E-state index contributed by atoms with van der Waals surface area (Å²) in [5, 5.41) is 16.2. The van der Waals surface area contributed by atoms with Gasteiger partial charge in [-0.1, -0.05) is 13.3 Å². The van der Waals surface area contributed by atoms with Crippen molar-refractivity contribution in [1.29, 1.82) is 5.26 Å². The van der Waals surface area contributed by atoms with Crippen molar-refractivity contribution in [2.24, 2.45) is 0 Å². The molecular weight excluding hydrogens is 162 g/mol. The van der Waals surface area contributed by atoms with Crippen LogP contribution in [0.15, 0.2) is 0 Å². The van der Waals surface area contributed by atoms with Gasteiger partial charge in [-0.3, -0.25) is 5.10 Å². The first-order valence-electron chi connectivity index (χ1n) is 4.84. The van der Waals surface area contributed by atoms with Gasteiger partial charge in [0, 0.05) is 5.92 Å². The Morgan fingerprint density at radius 3 is 2.85 bits per heavy atom. The minimum Gasteiger partial charge on any atom is -0.281 e. The van der Waals surface area contributed by atoms with Crippen LogP contribution >= 0.6 is 0 Å². The Hall–Kier alpha value is -1.30. The number of nitrogens with one attached hydrogen (secondary N) is 1. The van der Waals surface area contributed by atoms with Crippen molar-refractivity contribution < 1.29 is 0 Å². The number of hydrogen-bond acceptors (Lipinski definition) is 2. The Morgan fingerprint density at radius 1 is 1.62 bits per heavy atom. The maximum absolute atomic E-state index is 8.98. The number of aromatic amines is 1. The number of aryl methyl sites for hydroxylation is 1. The molecule has 1 N–H and O–H groups in total. The van der Waals surface area contributed by atoms with Gasteiger partial charge in [0.25, 0.3) is 0 Å². The summed E-state index contributed by atoms with van der Waals surface area (Å²) in [4.78, 5) is 0. The van der Waals surface area contributed by atoms with Crippen LogP contribution in [0.5, 0.6) is 0 Å². The fourth-order valence-electron chi connectivity index (χ4n) is 1.75. The molecule has 0 aromatic carbocycles. The highest BCUT2D eigenvalue weighted by Crippen LogP contribution is 2.37. The Balaban J connectivity index is 2.35. The summed E-state index contributed by atoms with van der Waals surface area (Å²) in [5.41, 5.74) is 2.79. The summed E-state index contributed by atoms with van der Waals surface area (Å²) in [7, 11) is 0. The first-order chi connectivity index (χ1) is 6.36. The van der Waals surface area contributed by atoms with Gasteiger partial charge in [0.2, 0.25) is 0 Å². The molecular formula is C10H13N3. The molecule has 0 amide bonds. The maximum Gasteiger partial charge on any atom is 0.103 e. The van der Waals surface area contributed by atoms with Crippen molar-refractivity contribution in [3.63, 3.8) is 0 Å². The molecule has 0 unspecified atom stereocenters. The first-order valence-corrected chi connectivity index (χ1v) is 4.84. The van der Waals surface area contributed by atoms with E-state index in [0.717, 1.165) is 23.4 Å². The van der Waals surface area contributed by atoms with Gasteiger partial charge in [-0.05, 0) is 19.3 Å². The third-order valence-corrected chi connectivity index (χ3v) is 2.83. The van der Waals surface area contributed by atoms with Gasteiger partial charge in [0.05, 0.1) is 17.0 Å². The van der Waals surface area contributed by atoms with Crippen molar-refractivity contribution in [3.8, 4) is 6.07 Å². The van der Waals surface area contributed by atoms with Crippen LogP contribution in [0, 0.1) is 11.3 Å². The summed E-state index contributed by atoms with van der Waals surface area (Å²) in [6.45, 7) is 2.04. The SMILES string of the molecule is CCc1[nH]nc(C2CCC2)c1C#N. The van der Waals surface area contributed by atoms with E-state index in [9.17, 15) is 0 Å². The molecule has 1 saturated carbocycles. The second kappa shape index (κ2) is 3.21. The minimum atomic E-state index is 0.547. The van der Waals surface area contributed by atoms with Crippen molar-refractivity contribution >= 4 is 0 Å². The second-order valence-corrected chi connectivity index (χ2v) is 3.56. The fraction of sp³-hybridized carbons (Fsp3) is 0.600. The molecule has 2 rings (SSSR count). The number of H-pyrrole nitrogens is 1. The predicted molar refractivity (Wildman–Crippen MR) is 49.3 cm³/mol. The molecule has 68 valence electrons. The molecule has 0 atom stereocenters. The van der Waals surface area contributed by atoms with E-state index in [0.29, 0.717) is 5.92 Å². The fourth-order valence-corrected chi connectivity index (χ4v) is 1.75. The largest absolute Gasteiger partial charge is 0.281 e. The molecule has 0 bridgehead atoms. The minimum absolute atomic E-state index is 0.547. The number of rotatable bonds is 2. The topological polar surface area (TPSA) is 52.5 Å². The summed E-state index contributed by atoms with van der Waals surface area (Å²) >= 11 is 0. The van der Waals surface area contributed by atoms with Crippen molar-refractivity contribution in [1.82, 2.24) is 10.2 Å². The van der Waals surface area contributed by atoms with Crippen LogP contribution < -0.4 is 0 Å². The first kappa shape index (κ1) is 8.31. The molecule has 1 aromatic heterocycles. The van der Waals surface area contributed by atoms with E-state index in [1.165, 1.54) is 19.3 Å². The monoisotopic (exact) mass is 175 g/mol. The molecule has 0 saturated heterocycles. The lowest BCUT2D eigenvalue weighted by molar-refractivity contribution is 0.410. The van der Waals surface area contributed by atoms with Gasteiger partial charge in [-0.25, -0.2) is 0 Å².